The van der Waals surface area contributed by atoms with Crippen molar-refractivity contribution in [2.24, 2.45) is 12.5 Å². The lowest BCUT2D eigenvalue weighted by Crippen LogP contribution is -2.22. The number of hydrogen-bond donors (Lipinski definition) is 2. The number of aromatic nitrogens is 5. The number of carbonyl (C=O) groups is 2. The number of hydrogen-bond acceptors (Lipinski definition) is 6. The molecule has 34 heavy (non-hydrogen) atoms. The van der Waals surface area contributed by atoms with Gasteiger partial charge in [-0.15, -0.1) is 0 Å². The van der Waals surface area contributed by atoms with Crippen molar-refractivity contribution in [3.05, 3.63) is 53.6 Å². The maximum absolute atomic E-state index is 12.3. The Morgan fingerprint density at radius 3 is 2.50 bits per heavy atom. The Hall–Kier alpha value is -3.96. The number of aromatic carboxylic acids is 1. The predicted molar refractivity (Wildman–Crippen MR) is 116 cm³/mol. The van der Waals surface area contributed by atoms with E-state index >= 15 is 0 Å². The highest BCUT2D eigenvalue weighted by Gasteiger charge is 2.30. The summed E-state index contributed by atoms with van der Waals surface area (Å²) in [5.74, 6) is -1.44. The summed E-state index contributed by atoms with van der Waals surface area (Å²) in [4.78, 5) is 33.6. The normalized spacial score (nSPS) is 11.9. The molecule has 0 saturated carbocycles. The minimum absolute atomic E-state index is 0.0384. The molecule has 9 nitrogen and oxygen atoms in total. The van der Waals surface area contributed by atoms with Crippen LogP contribution in [-0.2, 0) is 29.4 Å². The summed E-state index contributed by atoms with van der Waals surface area (Å²) in [5.41, 5.74) is 0.525. The molecule has 0 bridgehead atoms. The molecule has 1 aromatic carbocycles. The number of H-pyrrole nitrogens is 1. The zero-order chi connectivity index (χ0) is 25.3. The molecule has 2 N–H and O–H groups in total. The van der Waals surface area contributed by atoms with Crippen molar-refractivity contribution in [3.8, 4) is 0 Å². The molecule has 0 radical (unpaired) electrons. The quantitative estimate of drug-likeness (QED) is 0.421. The molecule has 0 saturated heterocycles. The van der Waals surface area contributed by atoms with Gasteiger partial charge in [0.2, 0.25) is 0 Å². The van der Waals surface area contributed by atoms with E-state index in [1.807, 2.05) is 0 Å². The minimum Gasteiger partial charge on any atom is -0.478 e. The highest BCUT2D eigenvalue weighted by atomic mass is 19.4. The van der Waals surface area contributed by atoms with Gasteiger partial charge < -0.3 is 14.8 Å². The summed E-state index contributed by atoms with van der Waals surface area (Å²) >= 11 is 0. The number of aryl methyl sites for hydroxylation is 1. The van der Waals surface area contributed by atoms with Gasteiger partial charge in [-0.3, -0.25) is 9.48 Å². The number of carboxylic acids is 1. The summed E-state index contributed by atoms with van der Waals surface area (Å²) < 4.78 is 43.5. The lowest BCUT2D eigenvalue weighted by atomic mass is 9.97. The van der Waals surface area contributed by atoms with Crippen molar-refractivity contribution in [1.29, 1.82) is 0 Å². The average Bonchev–Trinajstić information content (AvgIpc) is 3.34. The van der Waals surface area contributed by atoms with E-state index in [9.17, 15) is 22.8 Å². The third-order valence-electron chi connectivity index (χ3n) is 4.70. The second-order valence-electron chi connectivity index (χ2n) is 8.43. The Kier molecular flexibility index (Phi) is 6.62. The summed E-state index contributed by atoms with van der Waals surface area (Å²) in [6.07, 6.45) is -0.0903. The van der Waals surface area contributed by atoms with Gasteiger partial charge in [-0.1, -0.05) is 0 Å². The second kappa shape index (κ2) is 9.12. The molecule has 3 heterocycles. The second-order valence-corrected chi connectivity index (χ2v) is 8.43. The molecular weight excluding hydrogens is 455 g/mol. The largest absolute Gasteiger partial charge is 0.478 e. The number of carbonyl (C=O) groups excluding carboxylic acids is 1. The minimum atomic E-state index is -4.29. The molecule has 0 atom stereocenters. The monoisotopic (exact) mass is 477 g/mol. The Morgan fingerprint density at radius 2 is 1.88 bits per heavy atom. The number of nitrogens with zero attached hydrogens (tertiary/aromatic N) is 4. The van der Waals surface area contributed by atoms with Crippen molar-refractivity contribution in [3.63, 3.8) is 0 Å². The zero-order valence-electron chi connectivity index (χ0n) is 18.8. The highest BCUT2D eigenvalue weighted by molar-refractivity contribution is 6.00. The van der Waals surface area contributed by atoms with E-state index in [0.29, 0.717) is 22.2 Å². The first-order chi connectivity index (χ1) is 15.8. The molecule has 0 amide bonds. The average molecular weight is 477 g/mol. The summed E-state index contributed by atoms with van der Waals surface area (Å²) in [5, 5.41) is 13.4. The van der Waals surface area contributed by atoms with Crippen molar-refractivity contribution in [1.82, 2.24) is 24.7 Å². The molecule has 180 valence electrons. The lowest BCUT2D eigenvalue weighted by molar-refractivity contribution is -0.154. The number of nitrogens with one attached hydrogen (secondary N) is 1. The SMILES string of the molecule is CC(C)(C)C(=O)OCc1cnc2[nH]cc(C(=O)O)c2n1.Cn1ncc2cc(C(F)(F)F)ccc21. The van der Waals surface area contributed by atoms with Crippen molar-refractivity contribution in [2.45, 2.75) is 33.6 Å². The van der Waals surface area contributed by atoms with Crippen LogP contribution in [0, 0.1) is 5.41 Å². The lowest BCUT2D eigenvalue weighted by Gasteiger charge is -2.16. The van der Waals surface area contributed by atoms with E-state index in [0.717, 1.165) is 12.1 Å². The molecule has 0 unspecified atom stereocenters. The van der Waals surface area contributed by atoms with Crippen molar-refractivity contribution in [2.75, 3.05) is 0 Å². The number of esters is 1. The van der Waals surface area contributed by atoms with Crippen molar-refractivity contribution >= 4 is 34.0 Å². The Labute approximate surface area is 191 Å². The van der Waals surface area contributed by atoms with Gasteiger partial charge in [0.05, 0.1) is 34.6 Å². The predicted octanol–water partition coefficient (Wildman–Crippen LogP) is 4.34. The van der Waals surface area contributed by atoms with Crippen LogP contribution in [0.15, 0.2) is 36.8 Å². The third-order valence-corrected chi connectivity index (χ3v) is 4.70. The molecule has 0 fully saturated rings. The van der Waals surface area contributed by atoms with E-state index in [2.05, 4.69) is 20.1 Å². The maximum Gasteiger partial charge on any atom is 0.416 e. The highest BCUT2D eigenvalue weighted by Crippen LogP contribution is 2.31. The van der Waals surface area contributed by atoms with Crippen LogP contribution in [-0.4, -0.2) is 41.8 Å². The van der Waals surface area contributed by atoms with Crippen LogP contribution < -0.4 is 0 Å². The van der Waals surface area contributed by atoms with Gasteiger partial charge in [-0.05, 0) is 39.0 Å². The topological polar surface area (TPSA) is 123 Å². The molecule has 3 aromatic heterocycles. The number of aromatic amines is 1. The first-order valence-corrected chi connectivity index (χ1v) is 10.00. The fourth-order valence-corrected chi connectivity index (χ4v) is 2.86. The van der Waals surface area contributed by atoms with Gasteiger partial charge in [-0.2, -0.15) is 18.3 Å². The van der Waals surface area contributed by atoms with Gasteiger partial charge in [0.1, 0.15) is 17.7 Å². The molecule has 0 spiro atoms. The first kappa shape index (κ1) is 24.7. The molecule has 4 aromatic rings. The number of benzene rings is 1. The Balaban J connectivity index is 0.000000202. The van der Waals surface area contributed by atoms with Crippen LogP contribution in [0.3, 0.4) is 0 Å². The summed E-state index contributed by atoms with van der Waals surface area (Å²) in [7, 11) is 1.69. The fraction of sp³-hybridized carbons (Fsp3) is 0.318. The molecule has 4 rings (SSSR count). The van der Waals surface area contributed by atoms with Crippen LogP contribution in [0.5, 0.6) is 0 Å². The van der Waals surface area contributed by atoms with Crippen LogP contribution in [0.25, 0.3) is 22.1 Å². The van der Waals surface area contributed by atoms with E-state index in [-0.39, 0.29) is 23.7 Å². The van der Waals surface area contributed by atoms with E-state index in [4.69, 9.17) is 9.84 Å². The van der Waals surface area contributed by atoms with Crippen molar-refractivity contribution < 1.29 is 32.6 Å². The van der Waals surface area contributed by atoms with Gasteiger partial charge >= 0.3 is 18.1 Å². The number of fused-ring (bicyclic) bond motifs is 2. The third kappa shape index (κ3) is 5.50. The first-order valence-electron chi connectivity index (χ1n) is 10.00. The number of rotatable bonds is 3. The molecule has 0 aliphatic heterocycles. The van der Waals surface area contributed by atoms with Crippen LogP contribution >= 0.6 is 0 Å². The van der Waals surface area contributed by atoms with E-state index in [1.165, 1.54) is 29.3 Å². The molecule has 0 aliphatic carbocycles. The Bertz CT molecular complexity index is 1350. The number of ether oxygens (including phenoxy) is 1. The van der Waals surface area contributed by atoms with Gasteiger partial charge in [0, 0.05) is 18.6 Å². The molecule has 0 aliphatic rings. The molecule has 12 heteroatoms. The summed E-state index contributed by atoms with van der Waals surface area (Å²) in [6.45, 7) is 5.21. The van der Waals surface area contributed by atoms with Gasteiger partial charge in [-0.25, -0.2) is 14.8 Å². The number of halogens is 3. The van der Waals surface area contributed by atoms with Gasteiger partial charge in [0.15, 0.2) is 5.65 Å². The van der Waals surface area contributed by atoms with E-state index < -0.39 is 23.1 Å². The van der Waals surface area contributed by atoms with Crippen LogP contribution in [0.4, 0.5) is 13.2 Å². The number of carboxylic acid groups (broad SMARTS) is 1. The van der Waals surface area contributed by atoms with Crippen LogP contribution in [0.2, 0.25) is 0 Å². The smallest absolute Gasteiger partial charge is 0.416 e. The zero-order valence-corrected chi connectivity index (χ0v) is 18.8. The Morgan fingerprint density at radius 1 is 1.18 bits per heavy atom. The fourth-order valence-electron chi connectivity index (χ4n) is 2.86. The van der Waals surface area contributed by atoms with Gasteiger partial charge in [0.25, 0.3) is 0 Å². The maximum atomic E-state index is 12.3. The summed E-state index contributed by atoms with van der Waals surface area (Å²) in [6, 6.07) is 3.58. The van der Waals surface area contributed by atoms with Crippen LogP contribution in [0.1, 0.15) is 42.4 Å². The number of alkyl halides is 3. The standard InChI is InChI=1S/C13H15N3O4.C9H7F3N2/c1-13(2,3)12(19)20-6-7-4-14-10-9(16-7)8(5-15-10)11(17)18;1-14-8-3-2-7(9(10,11)12)4-6(8)5-13-14/h4-5H,6H2,1-3H3,(H,14,15)(H,17,18);2-5H,1H3. The molecular formula is C22H22F3N5O4. The van der Waals surface area contributed by atoms with E-state index in [1.54, 1.807) is 27.8 Å².